The Morgan fingerprint density at radius 1 is 0.857 bits per heavy atom. The van der Waals surface area contributed by atoms with Gasteiger partial charge in [0.25, 0.3) is 11.8 Å². The predicted octanol–water partition coefficient (Wildman–Crippen LogP) is 3.29. The molecular formula is C26H21FN4O4. The first-order valence-electron chi connectivity index (χ1n) is 10.7. The van der Waals surface area contributed by atoms with Gasteiger partial charge in [0.1, 0.15) is 5.82 Å². The van der Waals surface area contributed by atoms with E-state index in [9.17, 15) is 18.8 Å². The van der Waals surface area contributed by atoms with E-state index in [1.54, 1.807) is 66.7 Å². The summed E-state index contributed by atoms with van der Waals surface area (Å²) in [5.74, 6) is -1.39. The van der Waals surface area contributed by atoms with Crippen LogP contribution in [-0.2, 0) is 11.3 Å². The van der Waals surface area contributed by atoms with Crippen LogP contribution in [0.3, 0.4) is 0 Å². The van der Waals surface area contributed by atoms with E-state index in [0.29, 0.717) is 16.7 Å². The number of nitrogens with zero attached hydrogens (tertiary/aromatic N) is 1. The molecule has 0 aliphatic rings. The lowest BCUT2D eigenvalue weighted by Gasteiger charge is -2.09. The standard InChI is InChI=1S/C26H21FN4O4/c27-21-8-4-3-7-20(21)22-14-31-26(35-22)19-6-2-1-5-18(19)25(34)29-13-16-9-11-17(12-10-16)24(33)30-15-23(28)32/h1-12,14H,13,15H2,(H2,28,32)(H,29,34)(H,30,33). The lowest BCUT2D eigenvalue weighted by atomic mass is 10.1. The Labute approximate surface area is 200 Å². The molecule has 0 spiro atoms. The Morgan fingerprint density at radius 3 is 2.26 bits per heavy atom. The molecule has 0 atom stereocenters. The number of hydrogen-bond donors (Lipinski definition) is 3. The Balaban J connectivity index is 1.45. The molecule has 0 aliphatic carbocycles. The number of rotatable bonds is 8. The number of benzene rings is 3. The second-order valence-corrected chi connectivity index (χ2v) is 7.58. The van der Waals surface area contributed by atoms with Crippen molar-refractivity contribution in [1.29, 1.82) is 0 Å². The SMILES string of the molecule is NC(=O)CNC(=O)c1ccc(CNC(=O)c2ccccc2-c2ncc(-c3ccccc3F)o2)cc1. The van der Waals surface area contributed by atoms with Gasteiger partial charge in [-0.05, 0) is 42.0 Å². The zero-order valence-electron chi connectivity index (χ0n) is 18.5. The van der Waals surface area contributed by atoms with Crippen molar-refractivity contribution in [2.45, 2.75) is 6.54 Å². The second-order valence-electron chi connectivity index (χ2n) is 7.58. The van der Waals surface area contributed by atoms with E-state index in [0.717, 1.165) is 5.56 Å². The fraction of sp³-hybridized carbons (Fsp3) is 0.0769. The average Bonchev–Trinajstić information content (AvgIpc) is 3.36. The van der Waals surface area contributed by atoms with Crippen molar-refractivity contribution in [3.63, 3.8) is 0 Å². The molecule has 0 radical (unpaired) electrons. The maximum atomic E-state index is 14.1. The van der Waals surface area contributed by atoms with E-state index >= 15 is 0 Å². The summed E-state index contributed by atoms with van der Waals surface area (Å²) < 4.78 is 19.9. The second kappa shape index (κ2) is 10.4. The molecule has 9 heteroatoms. The maximum Gasteiger partial charge on any atom is 0.252 e. The smallest absolute Gasteiger partial charge is 0.252 e. The van der Waals surface area contributed by atoms with Gasteiger partial charge in [-0.2, -0.15) is 0 Å². The number of primary amides is 1. The molecule has 0 bridgehead atoms. The van der Waals surface area contributed by atoms with Gasteiger partial charge in [-0.15, -0.1) is 0 Å². The van der Waals surface area contributed by atoms with E-state index in [2.05, 4.69) is 15.6 Å². The molecule has 0 saturated heterocycles. The first kappa shape index (κ1) is 23.4. The van der Waals surface area contributed by atoms with Crippen LogP contribution in [0.4, 0.5) is 4.39 Å². The number of hydrogen-bond acceptors (Lipinski definition) is 5. The van der Waals surface area contributed by atoms with Gasteiger partial charge in [0.05, 0.1) is 23.9 Å². The molecule has 1 aromatic heterocycles. The first-order chi connectivity index (χ1) is 16.9. The van der Waals surface area contributed by atoms with E-state index in [1.807, 2.05) is 0 Å². The summed E-state index contributed by atoms with van der Waals surface area (Å²) in [6, 6.07) is 19.6. The minimum atomic E-state index is -0.633. The third kappa shape index (κ3) is 5.59. The Morgan fingerprint density at radius 2 is 1.54 bits per heavy atom. The Kier molecular flexibility index (Phi) is 6.96. The highest BCUT2D eigenvalue weighted by atomic mass is 19.1. The molecule has 1 heterocycles. The number of oxazole rings is 1. The fourth-order valence-electron chi connectivity index (χ4n) is 3.37. The number of aromatic nitrogens is 1. The van der Waals surface area contributed by atoms with Crippen LogP contribution in [0.5, 0.6) is 0 Å². The van der Waals surface area contributed by atoms with Crippen LogP contribution in [-0.4, -0.2) is 29.3 Å². The fourth-order valence-corrected chi connectivity index (χ4v) is 3.37. The van der Waals surface area contributed by atoms with Crippen LogP contribution < -0.4 is 16.4 Å². The summed E-state index contributed by atoms with van der Waals surface area (Å²) in [5.41, 5.74) is 7.24. The third-order valence-electron chi connectivity index (χ3n) is 5.14. The molecule has 4 aromatic rings. The van der Waals surface area contributed by atoms with E-state index in [-0.39, 0.29) is 36.2 Å². The molecule has 0 fully saturated rings. The lowest BCUT2D eigenvalue weighted by molar-refractivity contribution is -0.117. The van der Waals surface area contributed by atoms with Crippen LogP contribution in [0, 0.1) is 5.82 Å². The molecule has 3 aromatic carbocycles. The summed E-state index contributed by atoms with van der Waals surface area (Å²) in [4.78, 5) is 39.9. The average molecular weight is 472 g/mol. The topological polar surface area (TPSA) is 127 Å². The van der Waals surface area contributed by atoms with Crippen LogP contribution in [0.1, 0.15) is 26.3 Å². The summed E-state index contributed by atoms with van der Waals surface area (Å²) in [6.45, 7) is -0.0369. The zero-order chi connectivity index (χ0) is 24.8. The Bertz CT molecular complexity index is 1380. The molecule has 4 rings (SSSR count). The number of nitrogens with one attached hydrogen (secondary N) is 2. The van der Waals surface area contributed by atoms with Crippen molar-refractivity contribution in [1.82, 2.24) is 15.6 Å². The van der Waals surface area contributed by atoms with Crippen molar-refractivity contribution in [2.24, 2.45) is 5.73 Å². The minimum Gasteiger partial charge on any atom is -0.436 e. The minimum absolute atomic E-state index is 0.195. The van der Waals surface area contributed by atoms with Gasteiger partial charge in [-0.1, -0.05) is 36.4 Å². The molecule has 176 valence electrons. The normalized spacial score (nSPS) is 10.5. The number of amides is 3. The largest absolute Gasteiger partial charge is 0.436 e. The number of halogens is 1. The molecule has 35 heavy (non-hydrogen) atoms. The van der Waals surface area contributed by atoms with Crippen LogP contribution >= 0.6 is 0 Å². The van der Waals surface area contributed by atoms with Crippen LogP contribution in [0.2, 0.25) is 0 Å². The molecule has 3 amide bonds. The van der Waals surface area contributed by atoms with E-state index < -0.39 is 17.6 Å². The monoisotopic (exact) mass is 472 g/mol. The Hall–Kier alpha value is -4.79. The molecule has 8 nitrogen and oxygen atoms in total. The van der Waals surface area contributed by atoms with Crippen LogP contribution in [0.15, 0.2) is 83.4 Å². The molecule has 4 N–H and O–H groups in total. The number of carbonyl (C=O) groups excluding carboxylic acids is 3. The van der Waals surface area contributed by atoms with Crippen molar-refractivity contribution in [3.8, 4) is 22.8 Å². The first-order valence-corrected chi connectivity index (χ1v) is 10.7. The lowest BCUT2D eigenvalue weighted by Crippen LogP contribution is -2.33. The maximum absolute atomic E-state index is 14.1. The molecular weight excluding hydrogens is 451 g/mol. The molecule has 0 unspecified atom stereocenters. The number of nitrogens with two attached hydrogens (primary N) is 1. The predicted molar refractivity (Wildman–Crippen MR) is 126 cm³/mol. The van der Waals surface area contributed by atoms with Gasteiger partial charge in [-0.25, -0.2) is 9.37 Å². The quantitative estimate of drug-likeness (QED) is 0.363. The number of carbonyl (C=O) groups is 3. The van der Waals surface area contributed by atoms with E-state index in [4.69, 9.17) is 10.2 Å². The van der Waals surface area contributed by atoms with Gasteiger partial charge < -0.3 is 20.8 Å². The van der Waals surface area contributed by atoms with Gasteiger partial charge in [-0.3, -0.25) is 14.4 Å². The highest BCUT2D eigenvalue weighted by Crippen LogP contribution is 2.29. The van der Waals surface area contributed by atoms with Crippen molar-refractivity contribution >= 4 is 17.7 Å². The zero-order valence-corrected chi connectivity index (χ0v) is 18.5. The summed E-state index contributed by atoms with van der Waals surface area (Å²) in [7, 11) is 0. The summed E-state index contributed by atoms with van der Waals surface area (Å²) in [5, 5.41) is 5.24. The van der Waals surface area contributed by atoms with Gasteiger partial charge in [0.2, 0.25) is 11.8 Å². The van der Waals surface area contributed by atoms with E-state index in [1.165, 1.54) is 12.3 Å². The molecule has 0 aliphatic heterocycles. The van der Waals surface area contributed by atoms with Crippen LogP contribution in [0.25, 0.3) is 22.8 Å². The van der Waals surface area contributed by atoms with Gasteiger partial charge in [0.15, 0.2) is 5.76 Å². The van der Waals surface area contributed by atoms with Crippen molar-refractivity contribution < 1.29 is 23.2 Å². The highest BCUT2D eigenvalue weighted by molar-refractivity contribution is 6.00. The van der Waals surface area contributed by atoms with Crippen molar-refractivity contribution in [3.05, 3.63) is 102 Å². The third-order valence-corrected chi connectivity index (χ3v) is 5.14. The highest BCUT2D eigenvalue weighted by Gasteiger charge is 2.18. The van der Waals surface area contributed by atoms with Crippen molar-refractivity contribution in [2.75, 3.05) is 6.54 Å². The van der Waals surface area contributed by atoms with Gasteiger partial charge in [0, 0.05) is 17.7 Å². The summed E-state index contributed by atoms with van der Waals surface area (Å²) in [6.07, 6.45) is 1.42. The molecule has 0 saturated carbocycles. The van der Waals surface area contributed by atoms with Gasteiger partial charge >= 0.3 is 0 Å². The summed E-state index contributed by atoms with van der Waals surface area (Å²) >= 11 is 0.